The molecule has 4 nitrogen and oxygen atoms in total. The van der Waals surface area contributed by atoms with Gasteiger partial charge in [0.05, 0.1) is 6.20 Å². The maximum Gasteiger partial charge on any atom is 0.184 e. The number of aryl methyl sites for hydroxylation is 1. The predicted octanol–water partition coefficient (Wildman–Crippen LogP) is 2.04. The van der Waals surface area contributed by atoms with Crippen LogP contribution in [0.15, 0.2) is 24.7 Å². The van der Waals surface area contributed by atoms with Crippen LogP contribution in [0.1, 0.15) is 11.1 Å². The molecule has 0 unspecified atom stereocenters. The van der Waals surface area contributed by atoms with Gasteiger partial charge in [-0.1, -0.05) is 11.3 Å². The van der Waals surface area contributed by atoms with Crippen LogP contribution in [0, 0.1) is 6.92 Å². The van der Waals surface area contributed by atoms with Gasteiger partial charge in [0.25, 0.3) is 0 Å². The third-order valence-electron chi connectivity index (χ3n) is 2.10. The molecule has 0 spiro atoms. The molecule has 2 heterocycles. The van der Waals surface area contributed by atoms with Crippen LogP contribution in [0.5, 0.6) is 0 Å². The van der Waals surface area contributed by atoms with Crippen LogP contribution < -0.4 is 11.1 Å². The van der Waals surface area contributed by atoms with Gasteiger partial charge >= 0.3 is 0 Å². The second kappa shape index (κ2) is 4.27. The Morgan fingerprint density at radius 2 is 2.33 bits per heavy atom. The standard InChI is InChI=1S/C10H12N4S/c1-7-2-3-12-4-8(7)5-13-10-14-6-9(11)15-10/h2-4,6H,5,11H2,1H3,(H,13,14). The number of hydrogen-bond donors (Lipinski definition) is 2. The number of anilines is 2. The summed E-state index contributed by atoms with van der Waals surface area (Å²) < 4.78 is 0. The van der Waals surface area contributed by atoms with E-state index in [2.05, 4.69) is 22.2 Å². The molecule has 5 heteroatoms. The van der Waals surface area contributed by atoms with E-state index < -0.39 is 0 Å². The molecule has 2 aromatic rings. The first kappa shape index (κ1) is 9.92. The molecule has 3 N–H and O–H groups in total. The lowest BCUT2D eigenvalue weighted by molar-refractivity contribution is 1.07. The van der Waals surface area contributed by atoms with Gasteiger partial charge in [-0.25, -0.2) is 4.98 Å². The van der Waals surface area contributed by atoms with E-state index in [1.165, 1.54) is 22.5 Å². The highest BCUT2D eigenvalue weighted by Crippen LogP contribution is 2.20. The molecule has 0 aliphatic carbocycles. The highest BCUT2D eigenvalue weighted by Gasteiger charge is 2.00. The van der Waals surface area contributed by atoms with Gasteiger partial charge in [0.2, 0.25) is 0 Å². The van der Waals surface area contributed by atoms with Crippen molar-refractivity contribution in [2.24, 2.45) is 0 Å². The number of aromatic nitrogens is 2. The third-order valence-corrected chi connectivity index (χ3v) is 2.89. The first-order valence-corrected chi connectivity index (χ1v) is 5.42. The van der Waals surface area contributed by atoms with Gasteiger partial charge in [0.15, 0.2) is 5.13 Å². The van der Waals surface area contributed by atoms with E-state index in [-0.39, 0.29) is 0 Å². The molecule has 0 saturated carbocycles. The van der Waals surface area contributed by atoms with Gasteiger partial charge in [-0.05, 0) is 24.1 Å². The average Bonchev–Trinajstić information content (AvgIpc) is 2.63. The zero-order chi connectivity index (χ0) is 10.7. The number of nitrogens with two attached hydrogens (primary N) is 1. The Morgan fingerprint density at radius 3 is 3.00 bits per heavy atom. The number of nitrogen functional groups attached to an aromatic ring is 1. The molecular weight excluding hydrogens is 208 g/mol. The fourth-order valence-electron chi connectivity index (χ4n) is 1.22. The number of thiazole rings is 1. The van der Waals surface area contributed by atoms with Crippen LogP contribution in [0.25, 0.3) is 0 Å². The smallest absolute Gasteiger partial charge is 0.184 e. The van der Waals surface area contributed by atoms with Crippen LogP contribution in [0.4, 0.5) is 10.1 Å². The molecule has 0 radical (unpaired) electrons. The minimum absolute atomic E-state index is 0.723. The van der Waals surface area contributed by atoms with Crippen LogP contribution in [-0.4, -0.2) is 9.97 Å². The fraction of sp³-hybridized carbons (Fsp3) is 0.200. The lowest BCUT2D eigenvalue weighted by Crippen LogP contribution is -2.01. The second-order valence-corrected chi connectivity index (χ2v) is 4.29. The van der Waals surface area contributed by atoms with Gasteiger partial charge < -0.3 is 11.1 Å². The molecule has 0 saturated heterocycles. The Hall–Kier alpha value is -1.62. The summed E-state index contributed by atoms with van der Waals surface area (Å²) in [5.41, 5.74) is 7.98. The van der Waals surface area contributed by atoms with Crippen molar-refractivity contribution in [3.05, 3.63) is 35.8 Å². The third kappa shape index (κ3) is 2.44. The molecular formula is C10H12N4S. The zero-order valence-electron chi connectivity index (χ0n) is 8.40. The molecule has 0 aliphatic rings. The van der Waals surface area contributed by atoms with Crippen molar-refractivity contribution in [1.29, 1.82) is 0 Å². The summed E-state index contributed by atoms with van der Waals surface area (Å²) in [6.45, 7) is 2.79. The maximum absolute atomic E-state index is 5.58. The van der Waals surface area contributed by atoms with Gasteiger partial charge in [0, 0.05) is 18.9 Å². The SMILES string of the molecule is Cc1ccncc1CNc1ncc(N)s1. The Morgan fingerprint density at radius 1 is 1.47 bits per heavy atom. The van der Waals surface area contributed by atoms with Crippen molar-refractivity contribution < 1.29 is 0 Å². The van der Waals surface area contributed by atoms with Gasteiger partial charge in [-0.3, -0.25) is 4.98 Å². The van der Waals surface area contributed by atoms with Crippen molar-refractivity contribution in [3.8, 4) is 0 Å². The molecule has 0 aromatic carbocycles. The Labute approximate surface area is 92.2 Å². The maximum atomic E-state index is 5.58. The number of hydrogen-bond acceptors (Lipinski definition) is 5. The summed E-state index contributed by atoms with van der Waals surface area (Å²) in [6.07, 6.45) is 5.31. The molecule has 2 rings (SSSR count). The van der Waals surface area contributed by atoms with E-state index in [0.29, 0.717) is 0 Å². The second-order valence-electron chi connectivity index (χ2n) is 3.22. The summed E-state index contributed by atoms with van der Waals surface area (Å²) in [6, 6.07) is 1.99. The van der Waals surface area contributed by atoms with Crippen LogP contribution in [0.3, 0.4) is 0 Å². The minimum atomic E-state index is 0.723. The van der Waals surface area contributed by atoms with Gasteiger partial charge in [-0.15, -0.1) is 0 Å². The fourth-order valence-corrected chi connectivity index (χ4v) is 1.80. The van der Waals surface area contributed by atoms with Crippen molar-refractivity contribution in [2.45, 2.75) is 13.5 Å². The van der Waals surface area contributed by atoms with E-state index >= 15 is 0 Å². The van der Waals surface area contributed by atoms with E-state index in [9.17, 15) is 0 Å². The summed E-state index contributed by atoms with van der Waals surface area (Å²) in [5.74, 6) is 0. The Balaban J connectivity index is 2.02. The summed E-state index contributed by atoms with van der Waals surface area (Å²) in [4.78, 5) is 8.20. The van der Waals surface area contributed by atoms with Gasteiger partial charge in [0.1, 0.15) is 5.00 Å². The highest BCUT2D eigenvalue weighted by molar-refractivity contribution is 7.19. The number of nitrogens with zero attached hydrogens (tertiary/aromatic N) is 2. The average molecular weight is 220 g/mol. The van der Waals surface area contributed by atoms with Crippen molar-refractivity contribution >= 4 is 21.5 Å². The van der Waals surface area contributed by atoms with E-state index in [0.717, 1.165) is 16.7 Å². The zero-order valence-corrected chi connectivity index (χ0v) is 9.21. The summed E-state index contributed by atoms with van der Waals surface area (Å²) >= 11 is 1.45. The number of nitrogens with one attached hydrogen (secondary N) is 1. The number of pyridine rings is 1. The Bertz CT molecular complexity index is 452. The first-order chi connectivity index (χ1) is 7.25. The monoisotopic (exact) mass is 220 g/mol. The minimum Gasteiger partial charge on any atom is -0.389 e. The van der Waals surface area contributed by atoms with Gasteiger partial charge in [-0.2, -0.15) is 0 Å². The molecule has 15 heavy (non-hydrogen) atoms. The topological polar surface area (TPSA) is 63.8 Å². The molecule has 2 aromatic heterocycles. The molecule has 0 bridgehead atoms. The largest absolute Gasteiger partial charge is 0.389 e. The van der Waals surface area contributed by atoms with Crippen LogP contribution >= 0.6 is 11.3 Å². The van der Waals surface area contributed by atoms with Crippen LogP contribution in [0.2, 0.25) is 0 Å². The molecule has 78 valence electrons. The van der Waals surface area contributed by atoms with Crippen molar-refractivity contribution in [3.63, 3.8) is 0 Å². The lowest BCUT2D eigenvalue weighted by Gasteiger charge is -2.04. The predicted molar refractivity (Wildman–Crippen MR) is 62.8 cm³/mol. The number of rotatable bonds is 3. The molecule has 0 atom stereocenters. The lowest BCUT2D eigenvalue weighted by atomic mass is 10.2. The van der Waals surface area contributed by atoms with Crippen molar-refractivity contribution in [1.82, 2.24) is 9.97 Å². The summed E-state index contributed by atoms with van der Waals surface area (Å²) in [5, 5.41) is 4.78. The first-order valence-electron chi connectivity index (χ1n) is 4.60. The van der Waals surface area contributed by atoms with E-state index in [1.54, 1.807) is 12.4 Å². The molecule has 0 amide bonds. The van der Waals surface area contributed by atoms with E-state index in [4.69, 9.17) is 5.73 Å². The van der Waals surface area contributed by atoms with E-state index in [1.807, 2.05) is 12.3 Å². The quantitative estimate of drug-likeness (QED) is 0.830. The van der Waals surface area contributed by atoms with Crippen molar-refractivity contribution in [2.75, 3.05) is 11.1 Å². The molecule has 0 aliphatic heterocycles. The Kier molecular flexibility index (Phi) is 2.82. The van der Waals surface area contributed by atoms with Crippen LogP contribution in [-0.2, 0) is 6.54 Å². The molecule has 0 fully saturated rings. The normalized spacial score (nSPS) is 10.2. The summed E-state index contributed by atoms with van der Waals surface area (Å²) in [7, 11) is 0. The highest BCUT2D eigenvalue weighted by atomic mass is 32.1.